The van der Waals surface area contributed by atoms with Crippen molar-refractivity contribution in [1.82, 2.24) is 14.3 Å². The van der Waals surface area contributed by atoms with Gasteiger partial charge >= 0.3 is 0 Å². The number of aromatic nitrogens is 2. The fraction of sp³-hybridized carbons (Fsp3) is 0.308. The third kappa shape index (κ3) is 3.06. The maximum Gasteiger partial charge on any atom is 0.260 e. The Morgan fingerprint density at radius 2 is 2.00 bits per heavy atom. The van der Waals surface area contributed by atoms with Crippen molar-refractivity contribution in [2.75, 3.05) is 6.54 Å². The van der Waals surface area contributed by atoms with Gasteiger partial charge in [0.25, 0.3) is 10.0 Å². The third-order valence-corrected chi connectivity index (χ3v) is 4.44. The minimum absolute atomic E-state index is 0.00637. The van der Waals surface area contributed by atoms with Crippen LogP contribution in [0, 0.1) is 6.92 Å². The van der Waals surface area contributed by atoms with Gasteiger partial charge in [0.2, 0.25) is 0 Å². The summed E-state index contributed by atoms with van der Waals surface area (Å²) in [7, 11) is -1.93. The Kier molecular flexibility index (Phi) is 4.22. The summed E-state index contributed by atoms with van der Waals surface area (Å²) in [6.45, 7) is 1.92. The number of benzene rings is 1. The van der Waals surface area contributed by atoms with Crippen LogP contribution in [-0.2, 0) is 17.1 Å². The molecule has 0 aliphatic carbocycles. The van der Waals surface area contributed by atoms with E-state index in [1.807, 2.05) is 30.3 Å². The first kappa shape index (κ1) is 14.7. The largest absolute Gasteiger partial charge is 0.337 e. The van der Waals surface area contributed by atoms with Crippen LogP contribution in [-0.4, -0.2) is 24.5 Å². The van der Waals surface area contributed by atoms with Crippen LogP contribution in [0.3, 0.4) is 0 Å². The van der Waals surface area contributed by atoms with Crippen LogP contribution < -0.4 is 10.5 Å². The number of nitrogens with zero attached hydrogens (tertiary/aromatic N) is 2. The fourth-order valence-electron chi connectivity index (χ4n) is 1.84. The predicted octanol–water partition coefficient (Wildman–Crippen LogP) is 0.707. The second-order valence-corrected chi connectivity index (χ2v) is 6.22. The quantitative estimate of drug-likeness (QED) is 0.849. The molecule has 1 atom stereocenters. The van der Waals surface area contributed by atoms with E-state index in [1.54, 1.807) is 18.5 Å². The molecule has 0 aliphatic rings. The Balaban J connectivity index is 2.27. The van der Waals surface area contributed by atoms with Crippen molar-refractivity contribution in [3.63, 3.8) is 0 Å². The number of sulfonamides is 1. The van der Waals surface area contributed by atoms with E-state index in [0.29, 0.717) is 5.82 Å². The predicted molar refractivity (Wildman–Crippen MR) is 76.5 cm³/mol. The molecule has 6 nitrogen and oxygen atoms in total. The van der Waals surface area contributed by atoms with E-state index in [9.17, 15) is 8.42 Å². The molecule has 2 aromatic rings. The number of hydrogen-bond acceptors (Lipinski definition) is 4. The number of hydrogen-bond donors (Lipinski definition) is 2. The van der Waals surface area contributed by atoms with Crippen molar-refractivity contribution in [3.8, 4) is 0 Å². The average Bonchev–Trinajstić information content (AvgIpc) is 2.78. The van der Waals surface area contributed by atoms with Gasteiger partial charge in [-0.15, -0.1) is 0 Å². The summed E-state index contributed by atoms with van der Waals surface area (Å²) in [6.07, 6.45) is 1.48. The number of nitrogens with one attached hydrogen (secondary N) is 1. The highest BCUT2D eigenvalue weighted by molar-refractivity contribution is 7.89. The Bertz CT molecular complexity index is 660. The summed E-state index contributed by atoms with van der Waals surface area (Å²) in [5.41, 5.74) is 6.50. The van der Waals surface area contributed by atoms with Crippen molar-refractivity contribution in [1.29, 1.82) is 0 Å². The SMILES string of the molecule is Cc1nc(S(=O)(=O)NC(CN)c2ccccc2)cn1C. The van der Waals surface area contributed by atoms with Crippen LogP contribution in [0.15, 0.2) is 41.6 Å². The molecule has 0 spiro atoms. The zero-order valence-electron chi connectivity index (χ0n) is 11.4. The summed E-state index contributed by atoms with van der Waals surface area (Å²) in [4.78, 5) is 4.03. The summed E-state index contributed by atoms with van der Waals surface area (Å²) in [5.74, 6) is 0.634. The summed E-state index contributed by atoms with van der Waals surface area (Å²) in [6, 6.07) is 8.76. The second kappa shape index (κ2) is 5.74. The zero-order valence-corrected chi connectivity index (χ0v) is 12.3. The monoisotopic (exact) mass is 294 g/mol. The van der Waals surface area contributed by atoms with Gasteiger partial charge in [-0.1, -0.05) is 30.3 Å². The van der Waals surface area contributed by atoms with E-state index in [4.69, 9.17) is 5.73 Å². The molecule has 0 saturated carbocycles. The average molecular weight is 294 g/mol. The number of aryl methyl sites for hydroxylation is 2. The highest BCUT2D eigenvalue weighted by Crippen LogP contribution is 2.15. The lowest BCUT2D eigenvalue weighted by Gasteiger charge is -2.16. The van der Waals surface area contributed by atoms with Crippen molar-refractivity contribution in [3.05, 3.63) is 47.9 Å². The Morgan fingerprint density at radius 3 is 2.50 bits per heavy atom. The van der Waals surface area contributed by atoms with Gasteiger partial charge in [0.15, 0.2) is 5.03 Å². The zero-order chi connectivity index (χ0) is 14.8. The van der Waals surface area contributed by atoms with E-state index in [2.05, 4.69) is 9.71 Å². The number of nitrogens with two attached hydrogens (primary N) is 1. The van der Waals surface area contributed by atoms with E-state index in [-0.39, 0.29) is 11.6 Å². The van der Waals surface area contributed by atoms with Crippen molar-refractivity contribution < 1.29 is 8.42 Å². The van der Waals surface area contributed by atoms with Crippen molar-refractivity contribution in [2.24, 2.45) is 12.8 Å². The molecule has 3 N–H and O–H groups in total. The lowest BCUT2D eigenvalue weighted by molar-refractivity contribution is 0.555. The van der Waals surface area contributed by atoms with Gasteiger partial charge in [0.05, 0.1) is 6.04 Å². The van der Waals surface area contributed by atoms with E-state index < -0.39 is 16.1 Å². The van der Waals surface area contributed by atoms with Gasteiger partial charge in [-0.25, -0.2) is 18.1 Å². The normalized spacial score (nSPS) is 13.3. The van der Waals surface area contributed by atoms with Gasteiger partial charge in [0.1, 0.15) is 5.82 Å². The topological polar surface area (TPSA) is 90.0 Å². The van der Waals surface area contributed by atoms with Gasteiger partial charge in [0, 0.05) is 19.8 Å². The first-order chi connectivity index (χ1) is 9.44. The summed E-state index contributed by atoms with van der Waals surface area (Å²) in [5, 5.41) is 0.00637. The maximum absolute atomic E-state index is 12.3. The van der Waals surface area contributed by atoms with E-state index in [1.165, 1.54) is 6.20 Å². The Morgan fingerprint density at radius 1 is 1.35 bits per heavy atom. The van der Waals surface area contributed by atoms with Gasteiger partial charge in [-0.2, -0.15) is 0 Å². The Hall–Kier alpha value is -1.70. The molecule has 1 aromatic heterocycles. The first-order valence-electron chi connectivity index (χ1n) is 6.21. The molecule has 1 heterocycles. The smallest absolute Gasteiger partial charge is 0.260 e. The summed E-state index contributed by atoms with van der Waals surface area (Å²) < 4.78 is 28.8. The van der Waals surface area contributed by atoms with Crippen LogP contribution in [0.1, 0.15) is 17.4 Å². The van der Waals surface area contributed by atoms with Crippen LogP contribution in [0.5, 0.6) is 0 Å². The third-order valence-electron chi connectivity index (χ3n) is 3.10. The molecule has 0 fully saturated rings. The molecule has 20 heavy (non-hydrogen) atoms. The van der Waals surface area contributed by atoms with E-state index >= 15 is 0 Å². The lowest BCUT2D eigenvalue weighted by Crippen LogP contribution is -2.33. The molecule has 108 valence electrons. The molecule has 2 rings (SSSR count). The van der Waals surface area contributed by atoms with Crippen LogP contribution in [0.25, 0.3) is 0 Å². The molecule has 1 unspecified atom stereocenters. The molecule has 0 saturated heterocycles. The minimum atomic E-state index is -3.68. The van der Waals surface area contributed by atoms with Crippen molar-refractivity contribution >= 4 is 10.0 Å². The maximum atomic E-state index is 12.3. The second-order valence-electron chi connectivity index (χ2n) is 4.56. The van der Waals surface area contributed by atoms with E-state index in [0.717, 1.165) is 5.56 Å². The number of imidazole rings is 1. The molecule has 0 amide bonds. The number of rotatable bonds is 5. The van der Waals surface area contributed by atoms with Gasteiger partial charge in [-0.3, -0.25) is 0 Å². The molecular weight excluding hydrogens is 276 g/mol. The molecule has 0 radical (unpaired) electrons. The minimum Gasteiger partial charge on any atom is -0.337 e. The fourth-order valence-corrected chi connectivity index (χ4v) is 3.12. The van der Waals surface area contributed by atoms with Gasteiger partial charge in [-0.05, 0) is 12.5 Å². The van der Waals surface area contributed by atoms with Gasteiger partial charge < -0.3 is 10.3 Å². The first-order valence-corrected chi connectivity index (χ1v) is 7.69. The summed E-state index contributed by atoms with van der Waals surface area (Å²) >= 11 is 0. The molecule has 1 aromatic carbocycles. The highest BCUT2D eigenvalue weighted by atomic mass is 32.2. The molecule has 7 heteroatoms. The molecule has 0 bridgehead atoms. The molecule has 0 aliphatic heterocycles. The van der Waals surface area contributed by atoms with Crippen molar-refractivity contribution in [2.45, 2.75) is 18.0 Å². The highest BCUT2D eigenvalue weighted by Gasteiger charge is 2.23. The van der Waals surface area contributed by atoms with Crippen LogP contribution >= 0.6 is 0 Å². The lowest BCUT2D eigenvalue weighted by atomic mass is 10.1. The van der Waals surface area contributed by atoms with Crippen LogP contribution in [0.4, 0.5) is 0 Å². The van der Waals surface area contributed by atoms with Crippen LogP contribution in [0.2, 0.25) is 0 Å². The Labute approximate surface area is 118 Å². The standard InChI is InChI=1S/C13H18N4O2S/c1-10-15-13(9-17(10)2)20(18,19)16-12(8-14)11-6-4-3-5-7-11/h3-7,9,12,16H,8,14H2,1-2H3. The molecular formula is C13H18N4O2S.